The largest absolute Gasteiger partial charge is 0.478 e. The zero-order valence-electron chi connectivity index (χ0n) is 10.9. The molecule has 6 nitrogen and oxygen atoms in total. The van der Waals surface area contributed by atoms with Crippen LogP contribution in [0.4, 0.5) is 11.4 Å². The zero-order chi connectivity index (χ0) is 14.4. The number of carboxylic acid groups (broad SMARTS) is 1. The summed E-state index contributed by atoms with van der Waals surface area (Å²) in [7, 11) is 0. The number of hydrogen-bond donors (Lipinski definition) is 3. The van der Waals surface area contributed by atoms with Gasteiger partial charge >= 0.3 is 5.97 Å². The number of hydrogen-bond acceptors (Lipinski definition) is 4. The third kappa shape index (κ3) is 4.17. The average Bonchev–Trinajstić information content (AvgIpc) is 2.34. The highest BCUT2D eigenvalue weighted by Crippen LogP contribution is 2.25. The van der Waals surface area contributed by atoms with Gasteiger partial charge in [-0.25, -0.2) is 4.79 Å². The van der Waals surface area contributed by atoms with Crippen LogP contribution >= 0.6 is 0 Å². The number of aromatic carboxylic acids is 1. The van der Waals surface area contributed by atoms with E-state index in [9.17, 15) is 9.59 Å². The van der Waals surface area contributed by atoms with Gasteiger partial charge in [-0.3, -0.25) is 4.79 Å². The van der Waals surface area contributed by atoms with Crippen LogP contribution in [0, 0.1) is 0 Å². The molecule has 0 fully saturated rings. The molecular weight excluding hydrogens is 246 g/mol. The van der Waals surface area contributed by atoms with Crippen LogP contribution in [-0.2, 0) is 4.79 Å². The van der Waals surface area contributed by atoms with Gasteiger partial charge in [0.05, 0.1) is 23.5 Å². The van der Waals surface area contributed by atoms with E-state index in [-0.39, 0.29) is 12.1 Å². The predicted octanol–water partition coefficient (Wildman–Crippen LogP) is 1.06. The quantitative estimate of drug-likeness (QED) is 0.638. The summed E-state index contributed by atoms with van der Waals surface area (Å²) in [5.74, 6) is -1.51. The maximum absolute atomic E-state index is 11.1. The Bertz CT molecular complexity index is 474. The van der Waals surface area contributed by atoms with Crippen molar-refractivity contribution >= 4 is 23.3 Å². The van der Waals surface area contributed by atoms with Crippen LogP contribution in [0.15, 0.2) is 18.2 Å². The lowest BCUT2D eigenvalue weighted by molar-refractivity contribution is -0.116. The maximum atomic E-state index is 11.1. The monoisotopic (exact) mass is 265 g/mol. The SMILES string of the molecule is CCCCN(CC(N)=O)c1cc(C(=O)O)ccc1N. The standard InChI is InChI=1S/C13H19N3O3/c1-2-3-6-16(8-12(15)17)11-7-9(13(18)19)4-5-10(11)14/h4-5,7H,2-3,6,8,14H2,1H3,(H2,15,17)(H,18,19). The lowest BCUT2D eigenvalue weighted by atomic mass is 10.1. The third-order valence-corrected chi connectivity index (χ3v) is 2.75. The highest BCUT2D eigenvalue weighted by molar-refractivity contribution is 5.91. The molecule has 0 radical (unpaired) electrons. The van der Waals surface area contributed by atoms with E-state index in [0.29, 0.717) is 17.9 Å². The average molecular weight is 265 g/mol. The molecule has 1 aromatic rings. The van der Waals surface area contributed by atoms with Gasteiger partial charge in [-0.15, -0.1) is 0 Å². The highest BCUT2D eigenvalue weighted by Gasteiger charge is 2.14. The van der Waals surface area contributed by atoms with Gasteiger partial charge in [0.25, 0.3) is 0 Å². The number of rotatable bonds is 7. The van der Waals surface area contributed by atoms with Crippen LogP contribution in [0.2, 0.25) is 0 Å². The molecule has 0 atom stereocenters. The normalized spacial score (nSPS) is 10.2. The number of primary amides is 1. The number of nitrogens with two attached hydrogens (primary N) is 2. The Labute approximate surface area is 112 Å². The molecule has 104 valence electrons. The summed E-state index contributed by atoms with van der Waals surface area (Å²) < 4.78 is 0. The fourth-order valence-corrected chi connectivity index (χ4v) is 1.77. The van der Waals surface area contributed by atoms with Gasteiger partial charge in [-0.05, 0) is 24.6 Å². The second-order valence-electron chi connectivity index (χ2n) is 4.32. The smallest absolute Gasteiger partial charge is 0.335 e. The molecule has 0 heterocycles. The molecular formula is C13H19N3O3. The number of carboxylic acids is 1. The van der Waals surface area contributed by atoms with Gasteiger partial charge < -0.3 is 21.5 Å². The van der Waals surface area contributed by atoms with Gasteiger partial charge in [0, 0.05) is 6.54 Å². The molecule has 19 heavy (non-hydrogen) atoms. The summed E-state index contributed by atoms with van der Waals surface area (Å²) in [5, 5.41) is 8.99. The minimum atomic E-state index is -1.03. The van der Waals surface area contributed by atoms with Crippen molar-refractivity contribution in [3.63, 3.8) is 0 Å². The van der Waals surface area contributed by atoms with Gasteiger partial charge in [0.15, 0.2) is 0 Å². The first-order chi connectivity index (χ1) is 8.95. The maximum Gasteiger partial charge on any atom is 0.335 e. The van der Waals surface area contributed by atoms with Crippen LogP contribution in [-0.4, -0.2) is 30.1 Å². The molecule has 1 amide bonds. The summed E-state index contributed by atoms with van der Waals surface area (Å²) in [6, 6.07) is 4.43. The first-order valence-electron chi connectivity index (χ1n) is 6.11. The number of amides is 1. The van der Waals surface area contributed by atoms with E-state index in [2.05, 4.69) is 0 Å². The third-order valence-electron chi connectivity index (χ3n) is 2.75. The van der Waals surface area contributed by atoms with Crippen molar-refractivity contribution < 1.29 is 14.7 Å². The molecule has 0 bridgehead atoms. The molecule has 5 N–H and O–H groups in total. The zero-order valence-corrected chi connectivity index (χ0v) is 10.9. The Morgan fingerprint density at radius 1 is 1.37 bits per heavy atom. The predicted molar refractivity (Wildman–Crippen MR) is 74.1 cm³/mol. The van der Waals surface area contributed by atoms with E-state index in [0.717, 1.165) is 12.8 Å². The van der Waals surface area contributed by atoms with Crippen molar-refractivity contribution in [1.29, 1.82) is 0 Å². The molecule has 1 aromatic carbocycles. The van der Waals surface area contributed by atoms with Crippen LogP contribution < -0.4 is 16.4 Å². The fourth-order valence-electron chi connectivity index (χ4n) is 1.77. The Kier molecular flexibility index (Phi) is 5.17. The molecule has 1 rings (SSSR count). The Morgan fingerprint density at radius 3 is 2.58 bits per heavy atom. The Morgan fingerprint density at radius 2 is 2.05 bits per heavy atom. The molecule has 0 aromatic heterocycles. The number of carbonyl (C=O) groups excluding carboxylic acids is 1. The second kappa shape index (κ2) is 6.63. The summed E-state index contributed by atoms with van der Waals surface area (Å²) in [5.41, 5.74) is 12.2. The first-order valence-corrected chi connectivity index (χ1v) is 6.11. The summed E-state index contributed by atoms with van der Waals surface area (Å²) in [6.45, 7) is 2.65. The molecule has 0 aliphatic heterocycles. The van der Waals surface area contributed by atoms with Crippen molar-refractivity contribution in [2.24, 2.45) is 5.73 Å². The molecule has 0 aliphatic rings. The fraction of sp³-hybridized carbons (Fsp3) is 0.385. The molecule has 6 heteroatoms. The van der Waals surface area contributed by atoms with E-state index < -0.39 is 11.9 Å². The highest BCUT2D eigenvalue weighted by atomic mass is 16.4. The summed E-state index contributed by atoms with van der Waals surface area (Å²) in [6.07, 6.45) is 1.82. The van der Waals surface area contributed by atoms with E-state index in [1.165, 1.54) is 18.2 Å². The molecule has 0 unspecified atom stereocenters. The minimum Gasteiger partial charge on any atom is -0.478 e. The van der Waals surface area contributed by atoms with Crippen LogP contribution in [0.25, 0.3) is 0 Å². The lowest BCUT2D eigenvalue weighted by Crippen LogP contribution is -2.35. The Hall–Kier alpha value is -2.24. The van der Waals surface area contributed by atoms with Crippen molar-refractivity contribution in [3.8, 4) is 0 Å². The van der Waals surface area contributed by atoms with Crippen molar-refractivity contribution in [3.05, 3.63) is 23.8 Å². The van der Waals surface area contributed by atoms with Gasteiger partial charge in [0.2, 0.25) is 5.91 Å². The Balaban J connectivity index is 3.08. The van der Waals surface area contributed by atoms with E-state index in [1.807, 2.05) is 6.92 Å². The lowest BCUT2D eigenvalue weighted by Gasteiger charge is -2.25. The van der Waals surface area contributed by atoms with E-state index in [4.69, 9.17) is 16.6 Å². The first kappa shape index (κ1) is 14.8. The molecule has 0 saturated heterocycles. The second-order valence-corrected chi connectivity index (χ2v) is 4.32. The van der Waals surface area contributed by atoms with Gasteiger partial charge in [-0.2, -0.15) is 0 Å². The van der Waals surface area contributed by atoms with Crippen molar-refractivity contribution in [2.45, 2.75) is 19.8 Å². The van der Waals surface area contributed by atoms with Crippen molar-refractivity contribution in [2.75, 3.05) is 23.7 Å². The topological polar surface area (TPSA) is 110 Å². The van der Waals surface area contributed by atoms with Gasteiger partial charge in [0.1, 0.15) is 0 Å². The number of anilines is 2. The molecule has 0 saturated carbocycles. The number of unbranched alkanes of at least 4 members (excludes halogenated alkanes) is 1. The van der Waals surface area contributed by atoms with E-state index in [1.54, 1.807) is 4.90 Å². The van der Waals surface area contributed by atoms with E-state index >= 15 is 0 Å². The van der Waals surface area contributed by atoms with Crippen LogP contribution in [0.5, 0.6) is 0 Å². The number of nitrogen functional groups attached to an aromatic ring is 1. The summed E-state index contributed by atoms with van der Waals surface area (Å²) >= 11 is 0. The van der Waals surface area contributed by atoms with Crippen molar-refractivity contribution in [1.82, 2.24) is 0 Å². The van der Waals surface area contributed by atoms with Gasteiger partial charge in [-0.1, -0.05) is 13.3 Å². The summed E-state index contributed by atoms with van der Waals surface area (Å²) in [4.78, 5) is 23.8. The minimum absolute atomic E-state index is 0.0211. The molecule has 0 aliphatic carbocycles. The number of carbonyl (C=O) groups is 2. The number of benzene rings is 1. The number of nitrogens with zero attached hydrogens (tertiary/aromatic N) is 1. The van der Waals surface area contributed by atoms with Crippen LogP contribution in [0.3, 0.4) is 0 Å². The molecule has 0 spiro atoms. The van der Waals surface area contributed by atoms with Crippen LogP contribution in [0.1, 0.15) is 30.1 Å².